The first-order valence-electron chi connectivity index (χ1n) is 12.6. The highest BCUT2D eigenvalue weighted by Crippen LogP contribution is 2.45. The Morgan fingerprint density at radius 2 is 1.58 bits per heavy atom. The van der Waals surface area contributed by atoms with Gasteiger partial charge in [-0.2, -0.15) is 0 Å². The molecule has 0 fully saturated rings. The molecule has 0 aliphatic carbocycles. The van der Waals surface area contributed by atoms with E-state index >= 15 is 0 Å². The summed E-state index contributed by atoms with van der Waals surface area (Å²) in [6.07, 6.45) is 0. The van der Waals surface area contributed by atoms with Crippen molar-refractivity contribution in [2.24, 2.45) is 14.1 Å². The third-order valence-corrected chi connectivity index (χ3v) is 7.76. The molecule has 3 aromatic carbocycles. The molecule has 7 rings (SSSR count). The van der Waals surface area contributed by atoms with E-state index in [2.05, 4.69) is 40.8 Å². The van der Waals surface area contributed by atoms with Crippen molar-refractivity contribution in [3.05, 3.63) is 110 Å². The van der Waals surface area contributed by atoms with E-state index in [-0.39, 0.29) is 11.2 Å². The molecule has 8 nitrogen and oxygen atoms in total. The molecule has 1 atom stereocenters. The predicted molar refractivity (Wildman–Crippen MR) is 150 cm³/mol. The highest BCUT2D eigenvalue weighted by atomic mass is 16.2. The number of hydrogen-bond acceptors (Lipinski definition) is 4. The van der Waals surface area contributed by atoms with Crippen molar-refractivity contribution >= 4 is 27.6 Å². The zero-order valence-electron chi connectivity index (χ0n) is 21.5. The van der Waals surface area contributed by atoms with Gasteiger partial charge in [-0.05, 0) is 54.8 Å². The highest BCUT2D eigenvalue weighted by Gasteiger charge is 2.36. The quantitative estimate of drug-likeness (QED) is 0.359. The van der Waals surface area contributed by atoms with Crippen molar-refractivity contribution in [2.45, 2.75) is 19.9 Å². The van der Waals surface area contributed by atoms with E-state index in [1.165, 1.54) is 11.6 Å². The van der Waals surface area contributed by atoms with Crippen LogP contribution in [0.2, 0.25) is 0 Å². The minimum absolute atomic E-state index is 0.322. The van der Waals surface area contributed by atoms with E-state index in [4.69, 9.17) is 4.98 Å². The van der Waals surface area contributed by atoms with Crippen molar-refractivity contribution in [2.75, 3.05) is 5.32 Å². The molecule has 1 aliphatic heterocycles. The molecule has 8 heteroatoms. The van der Waals surface area contributed by atoms with E-state index in [1.54, 1.807) is 11.6 Å². The third-order valence-electron chi connectivity index (χ3n) is 7.76. The van der Waals surface area contributed by atoms with E-state index in [0.717, 1.165) is 50.5 Å². The summed E-state index contributed by atoms with van der Waals surface area (Å²) in [7, 11) is 3.26. The number of nitrogens with zero attached hydrogens (tertiary/aromatic N) is 4. The minimum atomic E-state index is -0.435. The van der Waals surface area contributed by atoms with Gasteiger partial charge in [0.2, 0.25) is 0 Å². The Labute approximate surface area is 217 Å². The number of hydrogen-bond donors (Lipinski definition) is 2. The summed E-state index contributed by atoms with van der Waals surface area (Å²) in [5.41, 5.74) is 8.29. The summed E-state index contributed by atoms with van der Waals surface area (Å²) in [5.74, 6) is 0.712. The summed E-state index contributed by atoms with van der Waals surface area (Å²) in [6.45, 7) is 4.17. The third kappa shape index (κ3) is 2.94. The van der Waals surface area contributed by atoms with Crippen LogP contribution in [0.4, 0.5) is 5.69 Å². The van der Waals surface area contributed by atoms with Gasteiger partial charge in [-0.3, -0.25) is 13.9 Å². The van der Waals surface area contributed by atoms with Crippen LogP contribution in [0.15, 0.2) is 76.3 Å². The lowest BCUT2D eigenvalue weighted by Gasteiger charge is -2.30. The number of imidazole rings is 1. The molecule has 3 aromatic heterocycles. The maximum Gasteiger partial charge on any atom is 0.331 e. The summed E-state index contributed by atoms with van der Waals surface area (Å²) in [6, 6.07) is 21.6. The number of aryl methyl sites for hydroxylation is 3. The Kier molecular flexibility index (Phi) is 4.60. The van der Waals surface area contributed by atoms with E-state index in [0.29, 0.717) is 16.7 Å². The molecule has 0 radical (unpaired) electrons. The van der Waals surface area contributed by atoms with Gasteiger partial charge in [-0.15, -0.1) is 0 Å². The number of fused-ring (bicyclic) bond motifs is 6. The van der Waals surface area contributed by atoms with Crippen LogP contribution in [0.25, 0.3) is 38.9 Å². The van der Waals surface area contributed by atoms with Crippen LogP contribution in [-0.2, 0) is 14.1 Å². The molecule has 0 saturated carbocycles. The topological polar surface area (TPSA) is 89.6 Å². The molecule has 0 bridgehead atoms. The average molecular weight is 503 g/mol. The summed E-state index contributed by atoms with van der Waals surface area (Å²) in [4.78, 5) is 35.5. The Morgan fingerprint density at radius 1 is 0.868 bits per heavy atom. The van der Waals surface area contributed by atoms with Gasteiger partial charge in [0.1, 0.15) is 11.9 Å². The van der Waals surface area contributed by atoms with E-state index < -0.39 is 6.04 Å². The minimum Gasteiger partial charge on any atom is -0.369 e. The molecule has 4 heterocycles. The van der Waals surface area contributed by atoms with Gasteiger partial charge in [0.15, 0.2) is 0 Å². The molecule has 1 unspecified atom stereocenters. The lowest BCUT2D eigenvalue weighted by atomic mass is 10.0. The first-order valence-corrected chi connectivity index (χ1v) is 12.6. The summed E-state index contributed by atoms with van der Waals surface area (Å²) in [5, 5.41) is 4.20. The van der Waals surface area contributed by atoms with Crippen LogP contribution >= 0.6 is 0 Å². The van der Waals surface area contributed by atoms with Gasteiger partial charge in [0.25, 0.3) is 5.56 Å². The van der Waals surface area contributed by atoms with Gasteiger partial charge in [0, 0.05) is 14.1 Å². The first kappa shape index (κ1) is 22.4. The maximum atomic E-state index is 13.8. The summed E-state index contributed by atoms with van der Waals surface area (Å²) < 4.78 is 4.92. The zero-order chi connectivity index (χ0) is 26.3. The van der Waals surface area contributed by atoms with Crippen molar-refractivity contribution in [1.82, 2.24) is 23.7 Å². The first-order chi connectivity index (χ1) is 18.3. The number of nitrogens with one attached hydrogen (secondary N) is 2. The number of aromatic amines is 1. The normalized spacial score (nSPS) is 14.5. The van der Waals surface area contributed by atoms with Crippen LogP contribution in [0.5, 0.6) is 0 Å². The SMILES string of the molecule is Cc1cc2c(cc1C)-n1c(-c3ccccc3)c3c(=O)n(C)c(=O)n(C)c3c1C(c1nc3ccccc3[nH]1)N2. The molecule has 0 spiro atoms. The van der Waals surface area contributed by atoms with Crippen molar-refractivity contribution in [1.29, 1.82) is 0 Å². The molecule has 2 N–H and O–H groups in total. The van der Waals surface area contributed by atoms with Crippen molar-refractivity contribution in [3.8, 4) is 16.9 Å². The van der Waals surface area contributed by atoms with E-state index in [1.807, 2.05) is 54.6 Å². The van der Waals surface area contributed by atoms with Gasteiger partial charge in [0.05, 0.1) is 44.7 Å². The molecule has 38 heavy (non-hydrogen) atoms. The molecular formula is C30H26N6O2. The number of H-pyrrole nitrogens is 1. The Hall–Kier alpha value is -4.85. The fraction of sp³-hybridized carbons (Fsp3) is 0.167. The maximum absolute atomic E-state index is 13.8. The second-order valence-electron chi connectivity index (χ2n) is 10.0. The van der Waals surface area contributed by atoms with Crippen LogP contribution in [0, 0.1) is 13.8 Å². The lowest BCUT2D eigenvalue weighted by molar-refractivity contribution is 0.705. The fourth-order valence-corrected chi connectivity index (χ4v) is 5.71. The van der Waals surface area contributed by atoms with Gasteiger partial charge < -0.3 is 14.9 Å². The second kappa shape index (κ2) is 7.82. The van der Waals surface area contributed by atoms with Crippen molar-refractivity contribution < 1.29 is 0 Å². The number of aromatic nitrogens is 5. The molecular weight excluding hydrogens is 476 g/mol. The van der Waals surface area contributed by atoms with Gasteiger partial charge in [-0.25, -0.2) is 9.78 Å². The number of para-hydroxylation sites is 2. The van der Waals surface area contributed by atoms with Crippen LogP contribution in [0.1, 0.15) is 28.7 Å². The summed E-state index contributed by atoms with van der Waals surface area (Å²) >= 11 is 0. The number of rotatable bonds is 2. The largest absolute Gasteiger partial charge is 0.369 e. The lowest BCUT2D eigenvalue weighted by Crippen LogP contribution is -2.37. The average Bonchev–Trinajstić information content (AvgIpc) is 3.52. The van der Waals surface area contributed by atoms with Crippen molar-refractivity contribution in [3.63, 3.8) is 0 Å². The van der Waals surface area contributed by atoms with Gasteiger partial charge >= 0.3 is 5.69 Å². The molecule has 0 amide bonds. The fourth-order valence-electron chi connectivity index (χ4n) is 5.71. The van der Waals surface area contributed by atoms with Crippen LogP contribution in [-0.4, -0.2) is 23.7 Å². The molecule has 188 valence electrons. The molecule has 1 aliphatic rings. The monoisotopic (exact) mass is 502 g/mol. The smallest absolute Gasteiger partial charge is 0.331 e. The Bertz CT molecular complexity index is 2010. The predicted octanol–water partition coefficient (Wildman–Crippen LogP) is 4.70. The highest BCUT2D eigenvalue weighted by molar-refractivity contribution is 5.99. The number of anilines is 1. The van der Waals surface area contributed by atoms with Gasteiger partial charge in [-0.1, -0.05) is 42.5 Å². The molecule has 0 saturated heterocycles. The Morgan fingerprint density at radius 3 is 2.34 bits per heavy atom. The zero-order valence-corrected chi connectivity index (χ0v) is 21.5. The molecule has 6 aromatic rings. The Balaban J connectivity index is 1.71. The van der Waals surface area contributed by atoms with E-state index in [9.17, 15) is 9.59 Å². The standard InChI is InChI=1S/C30H26N6O2/c1-16-14-21-22(15-17(16)2)36-25(18-10-6-5-7-11-18)23-26(34(3)30(38)35(4)29(23)37)27(36)24(31-21)28-32-19-12-8-9-13-20(19)33-28/h5-15,24,31H,1-4H3,(H,32,33). The van der Waals surface area contributed by atoms with Crippen LogP contribution < -0.4 is 16.6 Å². The second-order valence-corrected chi connectivity index (χ2v) is 10.0. The number of benzene rings is 3. The van der Waals surface area contributed by atoms with Crippen LogP contribution in [0.3, 0.4) is 0 Å².